The van der Waals surface area contributed by atoms with Gasteiger partial charge in [0, 0.05) is 6.07 Å². The summed E-state index contributed by atoms with van der Waals surface area (Å²) >= 11 is 0. The van der Waals surface area contributed by atoms with Gasteiger partial charge >= 0.3 is 0 Å². The Kier molecular flexibility index (Phi) is 5.02. The standard InChI is InChI=1S/C20H20FN3O2/c1-13-4-9-18(14(2)10-13)26-12-20(25)22-19-11-15(3)23-24(19)17-7-5-16(21)6-8-17/h4-11H,12H2,1-3H3,(H,22,25). The van der Waals surface area contributed by atoms with E-state index in [9.17, 15) is 9.18 Å². The SMILES string of the molecule is Cc1ccc(OCC(=O)Nc2cc(C)nn2-c2ccc(F)cc2)c(C)c1. The van der Waals surface area contributed by atoms with Gasteiger partial charge in [0.25, 0.3) is 5.91 Å². The minimum atomic E-state index is -0.329. The molecular formula is C20H20FN3O2. The van der Waals surface area contributed by atoms with E-state index in [1.54, 1.807) is 22.9 Å². The molecule has 1 N–H and O–H groups in total. The molecule has 0 aliphatic rings. The van der Waals surface area contributed by atoms with Crippen molar-refractivity contribution < 1.29 is 13.9 Å². The van der Waals surface area contributed by atoms with Crippen LogP contribution in [0.3, 0.4) is 0 Å². The van der Waals surface area contributed by atoms with Crippen molar-refractivity contribution in [2.45, 2.75) is 20.8 Å². The maximum Gasteiger partial charge on any atom is 0.263 e. The molecule has 0 unspecified atom stereocenters. The zero-order valence-corrected chi connectivity index (χ0v) is 14.9. The number of benzene rings is 2. The van der Waals surface area contributed by atoms with Crippen molar-refractivity contribution in [2.24, 2.45) is 0 Å². The molecule has 1 amide bonds. The number of halogens is 1. The van der Waals surface area contributed by atoms with Crippen LogP contribution in [-0.2, 0) is 4.79 Å². The van der Waals surface area contributed by atoms with Gasteiger partial charge in [0.05, 0.1) is 11.4 Å². The van der Waals surface area contributed by atoms with E-state index in [1.165, 1.54) is 12.1 Å². The molecular weight excluding hydrogens is 333 g/mol. The van der Waals surface area contributed by atoms with E-state index in [4.69, 9.17) is 4.74 Å². The molecule has 1 heterocycles. The van der Waals surface area contributed by atoms with E-state index in [0.717, 1.165) is 16.8 Å². The Labute approximate surface area is 151 Å². The van der Waals surface area contributed by atoms with E-state index in [-0.39, 0.29) is 18.3 Å². The monoisotopic (exact) mass is 353 g/mol. The number of carbonyl (C=O) groups is 1. The normalized spacial score (nSPS) is 10.6. The number of nitrogens with one attached hydrogen (secondary N) is 1. The van der Waals surface area contributed by atoms with Gasteiger partial charge in [-0.1, -0.05) is 17.7 Å². The molecule has 0 aliphatic heterocycles. The first-order valence-electron chi connectivity index (χ1n) is 8.25. The predicted molar refractivity (Wildman–Crippen MR) is 98.3 cm³/mol. The summed E-state index contributed by atoms with van der Waals surface area (Å²) < 4.78 is 20.3. The fourth-order valence-electron chi connectivity index (χ4n) is 2.65. The second kappa shape index (κ2) is 7.39. The maximum absolute atomic E-state index is 13.1. The first kappa shape index (κ1) is 17.7. The summed E-state index contributed by atoms with van der Waals surface area (Å²) in [6.07, 6.45) is 0. The molecule has 6 heteroatoms. The molecule has 0 radical (unpaired) electrons. The molecule has 3 aromatic rings. The summed E-state index contributed by atoms with van der Waals surface area (Å²) in [4.78, 5) is 12.3. The van der Waals surface area contributed by atoms with Crippen LogP contribution in [0.15, 0.2) is 48.5 Å². The Bertz CT molecular complexity index is 933. The third kappa shape index (κ3) is 4.08. The van der Waals surface area contributed by atoms with E-state index in [2.05, 4.69) is 10.4 Å². The largest absolute Gasteiger partial charge is 0.483 e. The van der Waals surface area contributed by atoms with Crippen LogP contribution in [0, 0.1) is 26.6 Å². The number of anilines is 1. The van der Waals surface area contributed by atoms with Gasteiger partial charge in [-0.25, -0.2) is 9.07 Å². The number of aromatic nitrogens is 2. The number of ether oxygens (including phenoxy) is 1. The smallest absolute Gasteiger partial charge is 0.263 e. The van der Waals surface area contributed by atoms with Crippen LogP contribution in [0.1, 0.15) is 16.8 Å². The minimum absolute atomic E-state index is 0.114. The number of amides is 1. The lowest BCUT2D eigenvalue weighted by Gasteiger charge is -2.11. The molecule has 0 aliphatic carbocycles. The highest BCUT2D eigenvalue weighted by Crippen LogP contribution is 2.20. The number of hydrogen-bond acceptors (Lipinski definition) is 3. The van der Waals surface area contributed by atoms with Crippen LogP contribution in [0.2, 0.25) is 0 Å². The summed E-state index contributed by atoms with van der Waals surface area (Å²) in [5.41, 5.74) is 3.51. The molecule has 0 fully saturated rings. The molecule has 0 saturated carbocycles. The fraction of sp³-hybridized carbons (Fsp3) is 0.200. The van der Waals surface area contributed by atoms with Crippen molar-refractivity contribution >= 4 is 11.7 Å². The van der Waals surface area contributed by atoms with Crippen molar-refractivity contribution in [3.05, 3.63) is 71.2 Å². The molecule has 2 aromatic carbocycles. The number of nitrogens with zero attached hydrogens (tertiary/aromatic N) is 2. The van der Waals surface area contributed by atoms with Crippen LogP contribution >= 0.6 is 0 Å². The first-order chi connectivity index (χ1) is 12.4. The number of rotatable bonds is 5. The Morgan fingerprint density at radius 1 is 1.12 bits per heavy atom. The molecule has 0 atom stereocenters. The van der Waals surface area contributed by atoms with Crippen LogP contribution in [-0.4, -0.2) is 22.3 Å². The van der Waals surface area contributed by atoms with Gasteiger partial charge in [-0.05, 0) is 56.7 Å². The maximum atomic E-state index is 13.1. The molecule has 0 bridgehead atoms. The second-order valence-electron chi connectivity index (χ2n) is 6.16. The quantitative estimate of drug-likeness (QED) is 0.755. The molecule has 3 rings (SSSR count). The average Bonchev–Trinajstić information content (AvgIpc) is 2.95. The summed E-state index contributed by atoms with van der Waals surface area (Å²) in [5.74, 6) is 0.552. The van der Waals surface area contributed by atoms with E-state index in [1.807, 2.05) is 39.0 Å². The third-order valence-electron chi connectivity index (χ3n) is 3.86. The Morgan fingerprint density at radius 2 is 1.85 bits per heavy atom. The minimum Gasteiger partial charge on any atom is -0.483 e. The number of hydrogen-bond donors (Lipinski definition) is 1. The second-order valence-corrected chi connectivity index (χ2v) is 6.16. The third-order valence-corrected chi connectivity index (χ3v) is 3.86. The summed E-state index contributed by atoms with van der Waals surface area (Å²) in [6.45, 7) is 5.65. The fourth-order valence-corrected chi connectivity index (χ4v) is 2.65. The van der Waals surface area contributed by atoms with Crippen LogP contribution < -0.4 is 10.1 Å². The first-order valence-corrected chi connectivity index (χ1v) is 8.25. The van der Waals surface area contributed by atoms with Gasteiger partial charge in [0.1, 0.15) is 17.4 Å². The van der Waals surface area contributed by atoms with E-state index >= 15 is 0 Å². The van der Waals surface area contributed by atoms with Gasteiger partial charge in [0.2, 0.25) is 0 Å². The lowest BCUT2D eigenvalue weighted by Crippen LogP contribution is -2.22. The van der Waals surface area contributed by atoms with Crippen LogP contribution in [0.5, 0.6) is 5.75 Å². The Balaban J connectivity index is 1.70. The van der Waals surface area contributed by atoms with Gasteiger partial charge in [-0.3, -0.25) is 4.79 Å². The van der Waals surface area contributed by atoms with Crippen molar-refractivity contribution in [3.63, 3.8) is 0 Å². The van der Waals surface area contributed by atoms with Gasteiger partial charge < -0.3 is 10.1 Å². The predicted octanol–water partition coefficient (Wildman–Crippen LogP) is 3.95. The highest BCUT2D eigenvalue weighted by molar-refractivity contribution is 5.91. The summed E-state index contributed by atoms with van der Waals surface area (Å²) in [6, 6.07) is 13.4. The van der Waals surface area contributed by atoms with Crippen LogP contribution in [0.25, 0.3) is 5.69 Å². The van der Waals surface area contributed by atoms with Crippen molar-refractivity contribution in [1.29, 1.82) is 0 Å². The molecule has 5 nitrogen and oxygen atoms in total. The molecule has 1 aromatic heterocycles. The van der Waals surface area contributed by atoms with Crippen LogP contribution in [0.4, 0.5) is 10.2 Å². The lowest BCUT2D eigenvalue weighted by atomic mass is 10.1. The highest BCUT2D eigenvalue weighted by Gasteiger charge is 2.12. The lowest BCUT2D eigenvalue weighted by molar-refractivity contribution is -0.118. The molecule has 0 saturated heterocycles. The highest BCUT2D eigenvalue weighted by atomic mass is 19.1. The molecule has 26 heavy (non-hydrogen) atoms. The topological polar surface area (TPSA) is 56.1 Å². The van der Waals surface area contributed by atoms with Gasteiger partial charge in [0.15, 0.2) is 6.61 Å². The Hall–Kier alpha value is -3.15. The molecule has 134 valence electrons. The summed E-state index contributed by atoms with van der Waals surface area (Å²) in [7, 11) is 0. The van der Waals surface area contributed by atoms with Gasteiger partial charge in [-0.2, -0.15) is 5.10 Å². The summed E-state index contributed by atoms with van der Waals surface area (Å²) in [5, 5.41) is 7.13. The number of aryl methyl sites for hydroxylation is 3. The van der Waals surface area contributed by atoms with E-state index < -0.39 is 0 Å². The van der Waals surface area contributed by atoms with Crippen molar-refractivity contribution in [3.8, 4) is 11.4 Å². The zero-order valence-electron chi connectivity index (χ0n) is 14.9. The van der Waals surface area contributed by atoms with Crippen molar-refractivity contribution in [2.75, 3.05) is 11.9 Å². The average molecular weight is 353 g/mol. The molecule has 0 spiro atoms. The van der Waals surface area contributed by atoms with E-state index in [0.29, 0.717) is 17.3 Å². The zero-order chi connectivity index (χ0) is 18.7. The van der Waals surface area contributed by atoms with Gasteiger partial charge in [-0.15, -0.1) is 0 Å². The van der Waals surface area contributed by atoms with Crippen molar-refractivity contribution in [1.82, 2.24) is 9.78 Å². The Morgan fingerprint density at radius 3 is 2.54 bits per heavy atom. The number of carbonyl (C=O) groups excluding carboxylic acids is 1.